The molecule has 0 radical (unpaired) electrons. The van der Waals surface area contributed by atoms with Gasteiger partial charge in [-0.05, 0) is 49.4 Å². The molecule has 0 bridgehead atoms. The number of hydrogen-bond acceptors (Lipinski definition) is 5. The maximum Gasteiger partial charge on any atom is 0.0717 e. The summed E-state index contributed by atoms with van der Waals surface area (Å²) in [4.78, 5) is 0. The molecule has 7 heteroatoms. The van der Waals surface area contributed by atoms with Gasteiger partial charge in [-0.3, -0.25) is 0 Å². The molecule has 39 heavy (non-hydrogen) atoms. The van der Waals surface area contributed by atoms with E-state index in [0.29, 0.717) is 11.5 Å². The maximum atomic E-state index is 6.38. The molecule has 0 fully saturated rings. The molecule has 0 aromatic carbocycles. The van der Waals surface area contributed by atoms with Crippen molar-refractivity contribution in [2.24, 2.45) is 0 Å². The highest BCUT2D eigenvalue weighted by atomic mass is 33.5. The van der Waals surface area contributed by atoms with Crippen LogP contribution in [0.25, 0.3) is 0 Å². The van der Waals surface area contributed by atoms with E-state index in [0.717, 1.165) is 13.2 Å². The summed E-state index contributed by atoms with van der Waals surface area (Å²) in [5, 5.41) is 0. The Morgan fingerprint density at radius 1 is 0.462 bits per heavy atom. The van der Waals surface area contributed by atoms with Gasteiger partial charge in [-0.15, -0.1) is 0 Å². The van der Waals surface area contributed by atoms with Crippen LogP contribution < -0.4 is 0 Å². The standard InChI is InChI=1S/C32H70O2S3Si2/c1-7-13-17-27-38(28-18-14-8-2)31(33-11-5)23-21-25-35-37-36-26-22-24-32(34-12-6)39(29-19-15-9-3)30-20-16-10-4/h31-32,38-39H,7-30H2,1-6H3. The quantitative estimate of drug-likeness (QED) is 0.0413. The van der Waals surface area contributed by atoms with E-state index in [1.807, 2.05) is 9.83 Å². The minimum atomic E-state index is -0.800. The lowest BCUT2D eigenvalue weighted by Gasteiger charge is -2.26. The molecule has 0 aliphatic rings. The zero-order valence-electron chi connectivity index (χ0n) is 27.3. The zero-order chi connectivity index (χ0) is 28.8. The van der Waals surface area contributed by atoms with Crippen LogP contribution in [0.15, 0.2) is 0 Å². The van der Waals surface area contributed by atoms with Gasteiger partial charge in [0.05, 0.1) is 17.6 Å². The second-order valence-corrected chi connectivity index (χ2v) is 22.8. The highest BCUT2D eigenvalue weighted by molar-refractivity contribution is 9.09. The molecule has 0 amide bonds. The minimum absolute atomic E-state index is 0.615. The third-order valence-corrected chi connectivity index (χ3v) is 20.2. The summed E-state index contributed by atoms with van der Waals surface area (Å²) in [6.45, 7) is 15.5. The van der Waals surface area contributed by atoms with Crippen LogP contribution in [0, 0.1) is 0 Å². The van der Waals surface area contributed by atoms with Crippen LogP contribution in [0.5, 0.6) is 0 Å². The predicted octanol–water partition coefficient (Wildman–Crippen LogP) is 11.7. The van der Waals surface area contributed by atoms with E-state index in [4.69, 9.17) is 9.47 Å². The fraction of sp³-hybridized carbons (Fsp3) is 1.00. The van der Waals surface area contributed by atoms with Crippen molar-refractivity contribution in [3.63, 3.8) is 0 Å². The van der Waals surface area contributed by atoms with Crippen LogP contribution in [0.3, 0.4) is 0 Å². The third kappa shape index (κ3) is 24.5. The average Bonchev–Trinajstić information content (AvgIpc) is 2.94. The Bertz CT molecular complexity index is 417. The second kappa shape index (κ2) is 32.3. The van der Waals surface area contributed by atoms with Crippen molar-refractivity contribution in [3.05, 3.63) is 0 Å². The van der Waals surface area contributed by atoms with Gasteiger partial charge < -0.3 is 9.47 Å². The van der Waals surface area contributed by atoms with Gasteiger partial charge in [0.25, 0.3) is 0 Å². The number of rotatable bonds is 32. The van der Waals surface area contributed by atoms with Gasteiger partial charge in [0.2, 0.25) is 0 Å². The third-order valence-electron chi connectivity index (χ3n) is 8.06. The Balaban J connectivity index is 4.34. The molecule has 0 aromatic rings. The number of hydrogen-bond donors (Lipinski definition) is 0. The molecule has 0 saturated heterocycles. The number of unbranched alkanes of at least 4 members (excludes halogenated alkanes) is 8. The van der Waals surface area contributed by atoms with Crippen molar-refractivity contribution >= 4 is 49.0 Å². The molecule has 0 heterocycles. The van der Waals surface area contributed by atoms with Crippen molar-refractivity contribution < 1.29 is 9.47 Å². The fourth-order valence-electron chi connectivity index (χ4n) is 5.79. The molecule has 2 unspecified atom stereocenters. The lowest BCUT2D eigenvalue weighted by Crippen LogP contribution is -2.33. The Morgan fingerprint density at radius 3 is 1.08 bits per heavy atom. The van der Waals surface area contributed by atoms with Crippen LogP contribution in [-0.2, 0) is 9.47 Å². The summed E-state index contributed by atoms with van der Waals surface area (Å²) in [5.74, 6) is 2.55. The molecule has 0 rings (SSSR count). The average molecular weight is 639 g/mol. The molecule has 0 saturated carbocycles. The molecule has 0 spiro atoms. The highest BCUT2D eigenvalue weighted by Gasteiger charge is 2.24. The summed E-state index contributed by atoms with van der Waals surface area (Å²) >= 11 is 0. The Morgan fingerprint density at radius 2 is 0.795 bits per heavy atom. The van der Waals surface area contributed by atoms with E-state index in [2.05, 4.69) is 63.1 Å². The lowest BCUT2D eigenvalue weighted by atomic mass is 10.3. The van der Waals surface area contributed by atoms with Crippen LogP contribution in [-0.4, -0.2) is 53.8 Å². The monoisotopic (exact) mass is 638 g/mol. The smallest absolute Gasteiger partial charge is 0.0717 e. The Kier molecular flexibility index (Phi) is 33.5. The first-order chi connectivity index (χ1) is 19.2. The molecule has 2 nitrogen and oxygen atoms in total. The van der Waals surface area contributed by atoms with Crippen LogP contribution in [0.4, 0.5) is 0 Å². The van der Waals surface area contributed by atoms with Crippen molar-refractivity contribution in [2.45, 2.75) is 180 Å². The summed E-state index contributed by atoms with van der Waals surface area (Å²) in [5.41, 5.74) is 1.23. The first-order valence-corrected chi connectivity index (χ1v) is 25.7. The number of ether oxygens (including phenoxy) is 2. The molecule has 0 N–H and O–H groups in total. The summed E-state index contributed by atoms with van der Waals surface area (Å²) in [6, 6.07) is 6.01. The second-order valence-electron chi connectivity index (χ2n) is 11.5. The molecular formula is C32H70O2S3Si2. The lowest BCUT2D eigenvalue weighted by molar-refractivity contribution is 0.106. The van der Waals surface area contributed by atoms with Crippen molar-refractivity contribution in [3.8, 4) is 0 Å². The molecule has 0 aliphatic carbocycles. The topological polar surface area (TPSA) is 18.5 Å². The fourth-order valence-corrected chi connectivity index (χ4v) is 17.4. The van der Waals surface area contributed by atoms with E-state index in [1.165, 1.54) is 138 Å². The Labute approximate surface area is 261 Å². The molecule has 2 atom stereocenters. The predicted molar refractivity (Wildman–Crippen MR) is 193 cm³/mol. The van der Waals surface area contributed by atoms with E-state index in [-0.39, 0.29) is 0 Å². The van der Waals surface area contributed by atoms with E-state index < -0.39 is 17.6 Å². The highest BCUT2D eigenvalue weighted by Crippen LogP contribution is 2.36. The van der Waals surface area contributed by atoms with Gasteiger partial charge >= 0.3 is 0 Å². The summed E-state index contributed by atoms with van der Waals surface area (Å²) in [7, 11) is 4.62. The first kappa shape index (κ1) is 40.4. The SMILES string of the molecule is CCCCC[SiH](CCCCC)C(CCCSSSCCCC(OCC)[SiH](CCCCC)CCCCC)OCC. The first-order valence-electron chi connectivity index (χ1n) is 17.3. The molecule has 236 valence electrons. The van der Waals surface area contributed by atoms with Crippen molar-refractivity contribution in [1.29, 1.82) is 0 Å². The van der Waals surface area contributed by atoms with Gasteiger partial charge in [0.1, 0.15) is 0 Å². The van der Waals surface area contributed by atoms with Gasteiger partial charge in [-0.2, -0.15) is 0 Å². The van der Waals surface area contributed by atoms with E-state index in [1.54, 1.807) is 0 Å². The van der Waals surface area contributed by atoms with Crippen LogP contribution >= 0.6 is 31.4 Å². The van der Waals surface area contributed by atoms with Gasteiger partial charge in [-0.25, -0.2) is 0 Å². The van der Waals surface area contributed by atoms with Crippen molar-refractivity contribution in [2.75, 3.05) is 24.7 Å². The van der Waals surface area contributed by atoms with Gasteiger partial charge in [0.15, 0.2) is 0 Å². The van der Waals surface area contributed by atoms with Gasteiger partial charge in [-0.1, -0.05) is 151 Å². The van der Waals surface area contributed by atoms with Gasteiger partial charge in [0, 0.05) is 36.2 Å². The van der Waals surface area contributed by atoms with E-state index in [9.17, 15) is 0 Å². The zero-order valence-corrected chi connectivity index (χ0v) is 32.1. The van der Waals surface area contributed by atoms with Crippen LogP contribution in [0.1, 0.15) is 144 Å². The van der Waals surface area contributed by atoms with Crippen LogP contribution in [0.2, 0.25) is 24.2 Å². The largest absolute Gasteiger partial charge is 0.382 e. The van der Waals surface area contributed by atoms with E-state index >= 15 is 0 Å². The maximum absolute atomic E-state index is 6.38. The molecular weight excluding hydrogens is 569 g/mol. The molecule has 0 aromatic heterocycles. The minimum Gasteiger partial charge on any atom is -0.382 e. The summed E-state index contributed by atoms with van der Waals surface area (Å²) in [6.07, 6.45) is 22.0. The molecule has 0 aliphatic heterocycles. The Hall–Kier alpha value is 1.40. The normalized spacial score (nSPS) is 13.5. The van der Waals surface area contributed by atoms with Crippen molar-refractivity contribution in [1.82, 2.24) is 0 Å². The summed E-state index contributed by atoms with van der Waals surface area (Å²) < 4.78 is 12.8.